The van der Waals surface area contributed by atoms with E-state index >= 15 is 0 Å². The number of quaternary nitrogens is 1. The molecular weight excluding hydrogens is 338 g/mol. The zero-order valence-corrected chi connectivity index (χ0v) is 14.1. The molecule has 0 amide bonds. The molecule has 0 atom stereocenters. The average Bonchev–Trinajstić information content (AvgIpc) is 2.99. The van der Waals surface area contributed by atoms with E-state index in [9.17, 15) is 0 Å². The highest BCUT2D eigenvalue weighted by Gasteiger charge is 2.06. The summed E-state index contributed by atoms with van der Waals surface area (Å²) in [4.78, 5) is 0. The lowest BCUT2D eigenvalue weighted by Crippen LogP contribution is -2.80. The summed E-state index contributed by atoms with van der Waals surface area (Å²) in [7, 11) is 0. The summed E-state index contributed by atoms with van der Waals surface area (Å²) in [6.07, 6.45) is 0. The molecule has 3 rings (SSSR count). The quantitative estimate of drug-likeness (QED) is 0.726. The predicted octanol–water partition coefficient (Wildman–Crippen LogP) is 4.28. The lowest BCUT2D eigenvalue weighted by molar-refractivity contribution is -0.687. The predicted molar refractivity (Wildman–Crippen MR) is 92.4 cm³/mol. The molecule has 3 aromatic rings. The normalized spacial score (nSPS) is 10.8. The van der Waals surface area contributed by atoms with Crippen LogP contribution in [0.5, 0.6) is 0 Å². The van der Waals surface area contributed by atoms with Crippen molar-refractivity contribution >= 4 is 15.9 Å². The van der Waals surface area contributed by atoms with Gasteiger partial charge in [-0.25, -0.2) is 0 Å². The molecule has 0 saturated heterocycles. The van der Waals surface area contributed by atoms with Crippen molar-refractivity contribution in [1.29, 1.82) is 0 Å². The van der Waals surface area contributed by atoms with E-state index in [1.165, 1.54) is 11.1 Å². The summed E-state index contributed by atoms with van der Waals surface area (Å²) in [5, 5.41) is 2.26. The lowest BCUT2D eigenvalue weighted by atomic mass is 10.1. The third-order valence-corrected chi connectivity index (χ3v) is 4.17. The van der Waals surface area contributed by atoms with Gasteiger partial charge in [-0.3, -0.25) is 0 Å². The van der Waals surface area contributed by atoms with E-state index < -0.39 is 0 Å². The smallest absolute Gasteiger partial charge is 0.158 e. The molecule has 0 saturated carbocycles. The van der Waals surface area contributed by atoms with Gasteiger partial charge >= 0.3 is 0 Å². The third kappa shape index (κ3) is 3.87. The second-order valence-electron chi connectivity index (χ2n) is 5.46. The highest BCUT2D eigenvalue weighted by molar-refractivity contribution is 9.10. The number of benzene rings is 2. The molecule has 0 aliphatic carbocycles. The van der Waals surface area contributed by atoms with Crippen LogP contribution in [0.2, 0.25) is 0 Å². The minimum absolute atomic E-state index is 0.852. The second kappa shape index (κ2) is 6.95. The van der Waals surface area contributed by atoms with Gasteiger partial charge in [0.1, 0.15) is 18.8 Å². The van der Waals surface area contributed by atoms with Crippen molar-refractivity contribution in [3.05, 3.63) is 82.0 Å². The summed E-state index contributed by atoms with van der Waals surface area (Å²) in [6, 6.07) is 20.9. The Morgan fingerprint density at radius 2 is 1.59 bits per heavy atom. The number of hydrogen-bond donors (Lipinski definition) is 1. The van der Waals surface area contributed by atoms with Crippen LogP contribution in [-0.4, -0.2) is 0 Å². The van der Waals surface area contributed by atoms with Crippen LogP contribution >= 0.6 is 15.9 Å². The summed E-state index contributed by atoms with van der Waals surface area (Å²) in [5.41, 5.74) is 3.74. The van der Waals surface area contributed by atoms with Gasteiger partial charge in [0.15, 0.2) is 5.76 Å². The molecule has 112 valence electrons. The van der Waals surface area contributed by atoms with Crippen LogP contribution in [0.1, 0.15) is 16.9 Å². The van der Waals surface area contributed by atoms with Gasteiger partial charge in [0.2, 0.25) is 0 Å². The first-order chi connectivity index (χ1) is 10.7. The van der Waals surface area contributed by atoms with Crippen LogP contribution in [0.4, 0.5) is 0 Å². The first-order valence-corrected chi connectivity index (χ1v) is 8.22. The maximum Gasteiger partial charge on any atom is 0.158 e. The molecule has 0 spiro atoms. The van der Waals surface area contributed by atoms with Gasteiger partial charge in [0.25, 0.3) is 0 Å². The van der Waals surface area contributed by atoms with Gasteiger partial charge in [-0.2, -0.15) is 0 Å². The summed E-state index contributed by atoms with van der Waals surface area (Å²) >= 11 is 3.45. The number of hydrogen-bond acceptors (Lipinski definition) is 1. The fraction of sp³-hybridized carbons (Fsp3) is 0.158. The standard InChI is InChI=1S/C19H18BrNO/c1-14-2-4-15(5-3-14)12-21-13-18-10-11-19(22-18)16-6-8-17(20)9-7-16/h2-11,21H,12-13H2,1H3/p+1. The number of rotatable bonds is 5. The van der Waals surface area contributed by atoms with Crippen molar-refractivity contribution < 1.29 is 9.73 Å². The zero-order chi connectivity index (χ0) is 15.4. The van der Waals surface area contributed by atoms with E-state index in [0.29, 0.717) is 0 Å². The van der Waals surface area contributed by atoms with Gasteiger partial charge in [0, 0.05) is 15.6 Å². The van der Waals surface area contributed by atoms with Gasteiger partial charge in [-0.1, -0.05) is 57.9 Å². The number of nitrogens with two attached hydrogens (primary N) is 1. The van der Waals surface area contributed by atoms with Gasteiger partial charge in [0.05, 0.1) is 0 Å². The lowest BCUT2D eigenvalue weighted by Gasteiger charge is -2.01. The molecule has 0 unspecified atom stereocenters. The van der Waals surface area contributed by atoms with E-state index in [1.54, 1.807) is 0 Å². The third-order valence-electron chi connectivity index (χ3n) is 3.64. The molecule has 1 aromatic heterocycles. The summed E-state index contributed by atoms with van der Waals surface area (Å²) < 4.78 is 7.00. The number of halogens is 1. The van der Waals surface area contributed by atoms with E-state index in [1.807, 2.05) is 18.2 Å². The Morgan fingerprint density at radius 1 is 0.864 bits per heavy atom. The molecule has 0 aliphatic heterocycles. The Hall–Kier alpha value is -1.84. The molecule has 1 heterocycles. The first-order valence-electron chi connectivity index (χ1n) is 7.42. The Kier molecular flexibility index (Phi) is 4.76. The highest BCUT2D eigenvalue weighted by Crippen LogP contribution is 2.23. The molecule has 3 heteroatoms. The van der Waals surface area contributed by atoms with E-state index in [4.69, 9.17) is 4.42 Å². The topological polar surface area (TPSA) is 29.8 Å². The van der Waals surface area contributed by atoms with Crippen LogP contribution in [0, 0.1) is 6.92 Å². The minimum atomic E-state index is 0.852. The summed E-state index contributed by atoms with van der Waals surface area (Å²) in [5.74, 6) is 1.93. The maximum absolute atomic E-state index is 5.92. The number of aryl methyl sites for hydroxylation is 1. The van der Waals surface area contributed by atoms with E-state index in [0.717, 1.165) is 34.6 Å². The van der Waals surface area contributed by atoms with Crippen LogP contribution in [0.25, 0.3) is 11.3 Å². The second-order valence-corrected chi connectivity index (χ2v) is 6.37. The van der Waals surface area contributed by atoms with Crippen LogP contribution in [0.15, 0.2) is 69.6 Å². The fourth-order valence-corrected chi connectivity index (χ4v) is 2.63. The van der Waals surface area contributed by atoms with Crippen molar-refractivity contribution in [1.82, 2.24) is 0 Å². The van der Waals surface area contributed by atoms with Crippen molar-refractivity contribution in [2.75, 3.05) is 0 Å². The highest BCUT2D eigenvalue weighted by atomic mass is 79.9. The van der Waals surface area contributed by atoms with Crippen molar-refractivity contribution in [2.24, 2.45) is 0 Å². The fourth-order valence-electron chi connectivity index (χ4n) is 2.36. The minimum Gasteiger partial charge on any atom is -0.455 e. The van der Waals surface area contributed by atoms with Crippen LogP contribution in [-0.2, 0) is 13.1 Å². The van der Waals surface area contributed by atoms with Gasteiger partial charge < -0.3 is 9.73 Å². The molecule has 2 N–H and O–H groups in total. The molecule has 22 heavy (non-hydrogen) atoms. The Labute approximate surface area is 139 Å². The summed E-state index contributed by atoms with van der Waals surface area (Å²) in [6.45, 7) is 3.93. The average molecular weight is 357 g/mol. The molecule has 2 aromatic carbocycles. The largest absolute Gasteiger partial charge is 0.455 e. The monoisotopic (exact) mass is 356 g/mol. The molecule has 0 aliphatic rings. The van der Waals surface area contributed by atoms with Crippen molar-refractivity contribution in [3.8, 4) is 11.3 Å². The van der Waals surface area contributed by atoms with E-state index in [-0.39, 0.29) is 0 Å². The maximum atomic E-state index is 5.92. The molecule has 2 nitrogen and oxygen atoms in total. The SMILES string of the molecule is Cc1ccc(C[NH2+]Cc2ccc(-c3ccc(Br)cc3)o2)cc1. The molecule has 0 fully saturated rings. The van der Waals surface area contributed by atoms with Gasteiger partial charge in [-0.05, 0) is 31.2 Å². The molecular formula is C19H19BrNO+. The number of furan rings is 1. The molecule has 0 bridgehead atoms. The Morgan fingerprint density at radius 3 is 2.32 bits per heavy atom. The van der Waals surface area contributed by atoms with E-state index in [2.05, 4.69) is 70.6 Å². The van der Waals surface area contributed by atoms with Crippen LogP contribution < -0.4 is 5.32 Å². The molecule has 0 radical (unpaired) electrons. The first kappa shape index (κ1) is 15.1. The van der Waals surface area contributed by atoms with Crippen molar-refractivity contribution in [2.45, 2.75) is 20.0 Å². The zero-order valence-electron chi connectivity index (χ0n) is 12.6. The van der Waals surface area contributed by atoms with Gasteiger partial charge in [-0.15, -0.1) is 0 Å². The Balaban J connectivity index is 1.57. The van der Waals surface area contributed by atoms with Crippen molar-refractivity contribution in [3.63, 3.8) is 0 Å². The Bertz CT molecular complexity index is 729. The van der Waals surface area contributed by atoms with Crippen LogP contribution in [0.3, 0.4) is 0 Å².